The number of carbonyl (C=O) groups excluding carboxylic acids is 1. The second-order valence-corrected chi connectivity index (χ2v) is 4.90. The molecule has 1 aromatic heterocycles. The zero-order valence-corrected chi connectivity index (χ0v) is 11.4. The van der Waals surface area contributed by atoms with Crippen molar-refractivity contribution in [1.82, 2.24) is 0 Å². The Morgan fingerprint density at radius 2 is 1.76 bits per heavy atom. The molecule has 0 radical (unpaired) electrons. The van der Waals surface area contributed by atoms with Crippen LogP contribution in [-0.4, -0.2) is 5.78 Å². The highest BCUT2D eigenvalue weighted by Crippen LogP contribution is 2.20. The molecule has 0 saturated heterocycles. The zero-order valence-electron chi connectivity index (χ0n) is 10.6. The van der Waals surface area contributed by atoms with Gasteiger partial charge in [-0.05, 0) is 48.5 Å². The Balaban J connectivity index is 2.15. The summed E-state index contributed by atoms with van der Waals surface area (Å²) in [4.78, 5) is 24.2. The van der Waals surface area contributed by atoms with Crippen molar-refractivity contribution in [2.75, 3.05) is 0 Å². The summed E-state index contributed by atoms with van der Waals surface area (Å²) in [6.07, 6.45) is 0. The maximum Gasteiger partial charge on any atom is 0.347 e. The van der Waals surface area contributed by atoms with E-state index in [4.69, 9.17) is 16.0 Å². The number of ketones is 1. The Hall–Kier alpha value is -2.46. The molecule has 0 amide bonds. The normalized spacial score (nSPS) is 10.8. The second-order valence-electron chi connectivity index (χ2n) is 4.47. The van der Waals surface area contributed by atoms with Crippen molar-refractivity contribution in [3.63, 3.8) is 0 Å². The number of fused-ring (bicyclic) bond motifs is 1. The highest BCUT2D eigenvalue weighted by molar-refractivity contribution is 6.31. The minimum Gasteiger partial charge on any atom is -0.422 e. The number of hydrogen-bond donors (Lipinski definition) is 0. The standard InChI is InChI=1S/C16H8ClFO3/c17-11-3-6-14-10(7-11)8-13(16(20)21-14)15(19)9-1-4-12(18)5-2-9/h1-8H. The van der Waals surface area contributed by atoms with E-state index in [0.29, 0.717) is 16.0 Å². The third-order valence-corrected chi connectivity index (χ3v) is 3.28. The van der Waals surface area contributed by atoms with Gasteiger partial charge < -0.3 is 4.42 Å². The first kappa shape index (κ1) is 13.5. The van der Waals surface area contributed by atoms with Gasteiger partial charge in [0.2, 0.25) is 0 Å². The summed E-state index contributed by atoms with van der Waals surface area (Å²) < 4.78 is 18.0. The number of benzene rings is 2. The predicted octanol–water partition coefficient (Wildman–Crippen LogP) is 3.82. The first-order chi connectivity index (χ1) is 10.0. The fourth-order valence-corrected chi connectivity index (χ4v) is 2.19. The molecular weight excluding hydrogens is 295 g/mol. The van der Waals surface area contributed by atoms with Crippen molar-refractivity contribution in [3.8, 4) is 0 Å². The summed E-state index contributed by atoms with van der Waals surface area (Å²) in [6, 6.07) is 11.1. The van der Waals surface area contributed by atoms with Gasteiger partial charge in [0, 0.05) is 16.0 Å². The van der Waals surface area contributed by atoms with E-state index in [0.717, 1.165) is 12.1 Å². The Morgan fingerprint density at radius 3 is 2.48 bits per heavy atom. The topological polar surface area (TPSA) is 47.3 Å². The lowest BCUT2D eigenvalue weighted by atomic mass is 10.0. The van der Waals surface area contributed by atoms with Crippen LogP contribution in [0.1, 0.15) is 15.9 Å². The van der Waals surface area contributed by atoms with Gasteiger partial charge in [0.05, 0.1) is 0 Å². The number of halogens is 2. The average Bonchev–Trinajstić information content (AvgIpc) is 2.47. The van der Waals surface area contributed by atoms with Gasteiger partial charge in [-0.3, -0.25) is 4.79 Å². The van der Waals surface area contributed by atoms with Crippen LogP contribution in [0.4, 0.5) is 4.39 Å². The predicted molar refractivity (Wildman–Crippen MR) is 77.3 cm³/mol. The van der Waals surface area contributed by atoms with Crippen molar-refractivity contribution in [2.45, 2.75) is 0 Å². The minimum atomic E-state index is -0.737. The van der Waals surface area contributed by atoms with Crippen LogP contribution in [-0.2, 0) is 0 Å². The van der Waals surface area contributed by atoms with Gasteiger partial charge in [-0.2, -0.15) is 0 Å². The summed E-state index contributed by atoms with van der Waals surface area (Å²) in [7, 11) is 0. The van der Waals surface area contributed by atoms with Gasteiger partial charge >= 0.3 is 5.63 Å². The van der Waals surface area contributed by atoms with Crippen LogP contribution in [0.25, 0.3) is 11.0 Å². The largest absolute Gasteiger partial charge is 0.422 e. The van der Waals surface area contributed by atoms with E-state index in [1.807, 2.05) is 0 Å². The van der Waals surface area contributed by atoms with Crippen LogP contribution in [0.5, 0.6) is 0 Å². The molecule has 0 spiro atoms. The molecule has 0 N–H and O–H groups in total. The lowest BCUT2D eigenvalue weighted by molar-refractivity contribution is 0.103. The highest BCUT2D eigenvalue weighted by atomic mass is 35.5. The summed E-state index contributed by atoms with van der Waals surface area (Å²) in [5, 5.41) is 1.02. The van der Waals surface area contributed by atoms with Gasteiger partial charge in [0.1, 0.15) is 17.0 Å². The summed E-state index contributed by atoms with van der Waals surface area (Å²) >= 11 is 5.88. The van der Waals surface area contributed by atoms with Crippen molar-refractivity contribution in [1.29, 1.82) is 0 Å². The minimum absolute atomic E-state index is 0.114. The smallest absolute Gasteiger partial charge is 0.347 e. The SMILES string of the molecule is O=C(c1ccc(F)cc1)c1cc2cc(Cl)ccc2oc1=O. The molecular formula is C16H8ClFO3. The van der Waals surface area contributed by atoms with Crippen LogP contribution >= 0.6 is 11.6 Å². The molecule has 5 heteroatoms. The molecule has 104 valence electrons. The van der Waals surface area contributed by atoms with E-state index >= 15 is 0 Å². The fraction of sp³-hybridized carbons (Fsp3) is 0. The first-order valence-electron chi connectivity index (χ1n) is 6.08. The van der Waals surface area contributed by atoms with Crippen LogP contribution in [0.2, 0.25) is 5.02 Å². The molecule has 0 bridgehead atoms. The molecule has 0 atom stereocenters. The highest BCUT2D eigenvalue weighted by Gasteiger charge is 2.16. The number of hydrogen-bond acceptors (Lipinski definition) is 3. The molecule has 3 nitrogen and oxygen atoms in total. The molecule has 0 saturated carbocycles. The quantitative estimate of drug-likeness (QED) is 0.534. The molecule has 0 aliphatic rings. The number of carbonyl (C=O) groups is 1. The van der Waals surface area contributed by atoms with Crippen molar-refractivity contribution in [2.24, 2.45) is 0 Å². The second kappa shape index (κ2) is 5.14. The van der Waals surface area contributed by atoms with Crippen molar-refractivity contribution in [3.05, 3.63) is 80.9 Å². The summed E-state index contributed by atoms with van der Waals surface area (Å²) in [5.41, 5.74) is -0.291. The fourth-order valence-electron chi connectivity index (χ4n) is 2.01. The Labute approximate surface area is 123 Å². The molecule has 0 aliphatic carbocycles. The average molecular weight is 303 g/mol. The van der Waals surface area contributed by atoms with E-state index in [-0.39, 0.29) is 11.1 Å². The lowest BCUT2D eigenvalue weighted by Crippen LogP contribution is -2.14. The van der Waals surface area contributed by atoms with Gasteiger partial charge in [-0.1, -0.05) is 11.6 Å². The first-order valence-corrected chi connectivity index (χ1v) is 6.46. The molecule has 0 fully saturated rings. The van der Waals surface area contributed by atoms with Gasteiger partial charge in [-0.25, -0.2) is 9.18 Å². The summed E-state index contributed by atoms with van der Waals surface area (Å²) in [5.74, 6) is -0.977. The van der Waals surface area contributed by atoms with Crippen LogP contribution in [0.15, 0.2) is 57.7 Å². The van der Waals surface area contributed by atoms with Crippen LogP contribution < -0.4 is 5.63 Å². The molecule has 3 rings (SSSR count). The van der Waals surface area contributed by atoms with E-state index in [1.54, 1.807) is 18.2 Å². The zero-order chi connectivity index (χ0) is 15.0. The maximum atomic E-state index is 12.9. The Bertz CT molecular complexity index is 898. The van der Waals surface area contributed by atoms with Crippen LogP contribution in [0.3, 0.4) is 0 Å². The molecule has 3 aromatic rings. The van der Waals surface area contributed by atoms with E-state index in [2.05, 4.69) is 0 Å². The number of rotatable bonds is 2. The molecule has 0 unspecified atom stereocenters. The molecule has 21 heavy (non-hydrogen) atoms. The van der Waals surface area contributed by atoms with Crippen molar-refractivity contribution < 1.29 is 13.6 Å². The lowest BCUT2D eigenvalue weighted by Gasteiger charge is -2.02. The monoisotopic (exact) mass is 302 g/mol. The summed E-state index contributed by atoms with van der Waals surface area (Å²) in [6.45, 7) is 0. The molecule has 1 heterocycles. The Morgan fingerprint density at radius 1 is 1.05 bits per heavy atom. The van der Waals surface area contributed by atoms with Crippen molar-refractivity contribution >= 4 is 28.4 Å². The molecule has 0 aliphatic heterocycles. The molecule has 2 aromatic carbocycles. The third kappa shape index (κ3) is 2.58. The van der Waals surface area contributed by atoms with E-state index in [9.17, 15) is 14.0 Å². The van der Waals surface area contributed by atoms with Gasteiger partial charge in [-0.15, -0.1) is 0 Å². The van der Waals surface area contributed by atoms with E-state index in [1.165, 1.54) is 18.2 Å². The third-order valence-electron chi connectivity index (χ3n) is 3.05. The van der Waals surface area contributed by atoms with Gasteiger partial charge in [0.25, 0.3) is 0 Å². The van der Waals surface area contributed by atoms with Gasteiger partial charge in [0.15, 0.2) is 5.78 Å². The maximum absolute atomic E-state index is 12.9. The van der Waals surface area contributed by atoms with Crippen LogP contribution in [0, 0.1) is 5.82 Å². The Kier molecular flexibility index (Phi) is 3.31. The van der Waals surface area contributed by atoms with E-state index < -0.39 is 17.2 Å².